The van der Waals surface area contributed by atoms with Gasteiger partial charge in [0.2, 0.25) is 0 Å². The van der Waals surface area contributed by atoms with Crippen molar-refractivity contribution in [1.29, 1.82) is 0 Å². The quantitative estimate of drug-likeness (QED) is 0.421. The average molecular weight is 152 g/mol. The molecule has 1 fully saturated rings. The Morgan fingerprint density at radius 3 is 2.00 bits per heavy atom. The molecule has 0 aromatic heterocycles. The summed E-state index contributed by atoms with van der Waals surface area (Å²) in [6.45, 7) is 15.0. The van der Waals surface area contributed by atoms with E-state index in [1.165, 1.54) is 5.57 Å². The van der Waals surface area contributed by atoms with E-state index in [4.69, 9.17) is 0 Å². The van der Waals surface area contributed by atoms with Gasteiger partial charge in [-0.1, -0.05) is 37.9 Å². The van der Waals surface area contributed by atoms with Crippen LogP contribution in [-0.2, 0) is 0 Å². The fourth-order valence-corrected chi connectivity index (χ4v) is 4.36. The maximum atomic E-state index is 4.03. The minimum absolute atomic E-state index is 0.659. The van der Waals surface area contributed by atoms with E-state index in [-0.39, 0.29) is 0 Å². The normalized spacial score (nSPS) is 32.1. The van der Waals surface area contributed by atoms with Crippen molar-refractivity contribution >= 4 is 8.07 Å². The molecule has 10 heavy (non-hydrogen) atoms. The largest absolute Gasteiger partial charge is 0.102 e. The van der Waals surface area contributed by atoms with Gasteiger partial charge in [0.05, 0.1) is 8.07 Å². The first-order valence-corrected chi connectivity index (χ1v) is 7.37. The summed E-state index contributed by atoms with van der Waals surface area (Å²) in [6.07, 6.45) is 2.05. The average Bonchev–Trinajstić information content (AvgIpc) is 2.39. The first-order chi connectivity index (χ1) is 4.48. The molecule has 0 amide bonds. The third-order valence-corrected chi connectivity index (χ3v) is 4.86. The maximum Gasteiger partial charge on any atom is 0.0529 e. The summed E-state index contributed by atoms with van der Waals surface area (Å²) in [5.74, 6) is 0.659. The molecule has 0 aromatic rings. The van der Waals surface area contributed by atoms with Crippen LogP contribution in [0, 0.1) is 5.92 Å². The second kappa shape index (κ2) is 2.09. The van der Waals surface area contributed by atoms with Crippen molar-refractivity contribution in [3.05, 3.63) is 24.8 Å². The first kappa shape index (κ1) is 7.80. The third-order valence-electron chi connectivity index (χ3n) is 2.26. The van der Waals surface area contributed by atoms with Crippen LogP contribution in [0.3, 0.4) is 0 Å². The van der Waals surface area contributed by atoms with Crippen molar-refractivity contribution in [2.45, 2.75) is 25.2 Å². The Morgan fingerprint density at radius 2 is 1.90 bits per heavy atom. The Labute approximate surface area is 64.7 Å². The second-order valence-corrected chi connectivity index (χ2v) is 9.53. The Kier molecular flexibility index (Phi) is 1.63. The Morgan fingerprint density at radius 1 is 1.40 bits per heavy atom. The molecule has 0 saturated heterocycles. The van der Waals surface area contributed by atoms with Gasteiger partial charge in [0.15, 0.2) is 0 Å². The fourth-order valence-electron chi connectivity index (χ4n) is 1.72. The topological polar surface area (TPSA) is 0 Å². The minimum Gasteiger partial charge on any atom is -0.102 e. The molecule has 1 heteroatoms. The number of hydrogen-bond acceptors (Lipinski definition) is 0. The third kappa shape index (κ3) is 1.10. The smallest absolute Gasteiger partial charge is 0.0529 e. The summed E-state index contributed by atoms with van der Waals surface area (Å²) in [5, 5.41) is 0. The Balaban J connectivity index is 2.65. The van der Waals surface area contributed by atoms with Crippen LogP contribution in [0.2, 0.25) is 25.2 Å². The number of allylic oxidation sites excluding steroid dienone is 2. The predicted octanol–water partition coefficient (Wildman–Crippen LogP) is 3.07. The molecular formula is C9H16Si. The summed E-state index contributed by atoms with van der Waals surface area (Å²) >= 11 is 0. The monoisotopic (exact) mass is 152 g/mol. The van der Waals surface area contributed by atoms with Gasteiger partial charge in [0, 0.05) is 5.92 Å². The van der Waals surface area contributed by atoms with Gasteiger partial charge in [-0.3, -0.25) is 0 Å². The summed E-state index contributed by atoms with van der Waals surface area (Å²) in [6, 6.07) is 0. The maximum absolute atomic E-state index is 4.03. The van der Waals surface area contributed by atoms with Gasteiger partial charge in [-0.05, 0) is 5.54 Å². The lowest BCUT2D eigenvalue weighted by molar-refractivity contribution is 1.12. The summed E-state index contributed by atoms with van der Waals surface area (Å²) < 4.78 is 0. The van der Waals surface area contributed by atoms with E-state index in [1.54, 1.807) is 0 Å². The van der Waals surface area contributed by atoms with Crippen LogP contribution in [0.4, 0.5) is 0 Å². The molecule has 1 aliphatic rings. The van der Waals surface area contributed by atoms with Gasteiger partial charge in [-0.15, -0.1) is 6.58 Å². The van der Waals surface area contributed by atoms with Crippen LogP contribution in [0.5, 0.6) is 0 Å². The van der Waals surface area contributed by atoms with Gasteiger partial charge in [-0.25, -0.2) is 0 Å². The Hall–Kier alpha value is -0.303. The molecule has 1 rings (SSSR count). The summed E-state index contributed by atoms with van der Waals surface area (Å²) in [5.41, 5.74) is 2.25. The molecule has 1 saturated carbocycles. The zero-order valence-corrected chi connectivity index (χ0v) is 8.15. The van der Waals surface area contributed by atoms with Crippen LogP contribution in [0.15, 0.2) is 24.8 Å². The molecule has 0 aliphatic heterocycles. The van der Waals surface area contributed by atoms with Gasteiger partial charge >= 0.3 is 0 Å². The highest BCUT2D eigenvalue weighted by Crippen LogP contribution is 2.56. The van der Waals surface area contributed by atoms with E-state index >= 15 is 0 Å². The molecule has 1 aliphatic carbocycles. The van der Waals surface area contributed by atoms with Crippen LogP contribution in [-0.4, -0.2) is 8.07 Å². The Bertz CT molecular complexity index is 174. The first-order valence-electron chi connectivity index (χ1n) is 3.79. The highest BCUT2D eigenvalue weighted by Gasteiger charge is 2.48. The van der Waals surface area contributed by atoms with Crippen molar-refractivity contribution < 1.29 is 0 Å². The van der Waals surface area contributed by atoms with Gasteiger partial charge in [0.25, 0.3) is 0 Å². The molecule has 0 bridgehead atoms. The molecule has 0 heterocycles. The standard InChI is InChI=1S/C9H16Si/c1-6-8-7(2)9(8)10(3,4)5/h6,8-9H,1-2H2,3-5H3/t8-,9-/m0/s1. The molecule has 56 valence electrons. The fraction of sp³-hybridized carbons (Fsp3) is 0.556. The lowest BCUT2D eigenvalue weighted by atomic mass is 10.4. The van der Waals surface area contributed by atoms with Crippen molar-refractivity contribution in [2.24, 2.45) is 5.92 Å². The van der Waals surface area contributed by atoms with Gasteiger partial charge in [0.1, 0.15) is 0 Å². The van der Waals surface area contributed by atoms with Crippen molar-refractivity contribution in [3.8, 4) is 0 Å². The van der Waals surface area contributed by atoms with E-state index in [0.717, 1.165) is 5.54 Å². The lowest BCUT2D eigenvalue weighted by Gasteiger charge is -2.13. The van der Waals surface area contributed by atoms with Crippen LogP contribution in [0.1, 0.15) is 0 Å². The number of hydrogen-bond donors (Lipinski definition) is 0. The zero-order valence-electron chi connectivity index (χ0n) is 7.15. The zero-order chi connectivity index (χ0) is 7.94. The van der Waals surface area contributed by atoms with E-state index < -0.39 is 8.07 Å². The van der Waals surface area contributed by atoms with Gasteiger partial charge in [-0.2, -0.15) is 0 Å². The van der Waals surface area contributed by atoms with E-state index in [1.807, 2.05) is 6.08 Å². The summed E-state index contributed by atoms with van der Waals surface area (Å²) in [7, 11) is -0.941. The minimum atomic E-state index is -0.941. The predicted molar refractivity (Wildman–Crippen MR) is 49.9 cm³/mol. The SMILES string of the molecule is C=C[C@H]1C(=C)[C@@H]1[Si](C)(C)C. The van der Waals surface area contributed by atoms with E-state index in [2.05, 4.69) is 32.8 Å². The molecule has 0 nitrogen and oxygen atoms in total. The summed E-state index contributed by atoms with van der Waals surface area (Å²) in [4.78, 5) is 0. The molecule has 0 radical (unpaired) electrons. The van der Waals surface area contributed by atoms with Crippen molar-refractivity contribution in [3.63, 3.8) is 0 Å². The highest BCUT2D eigenvalue weighted by molar-refractivity contribution is 6.79. The number of rotatable bonds is 2. The van der Waals surface area contributed by atoms with Crippen molar-refractivity contribution in [2.75, 3.05) is 0 Å². The highest BCUT2D eigenvalue weighted by atomic mass is 28.3. The van der Waals surface area contributed by atoms with Crippen molar-refractivity contribution in [1.82, 2.24) is 0 Å². The van der Waals surface area contributed by atoms with Gasteiger partial charge < -0.3 is 0 Å². The van der Waals surface area contributed by atoms with Crippen LogP contribution >= 0.6 is 0 Å². The van der Waals surface area contributed by atoms with E-state index in [9.17, 15) is 0 Å². The lowest BCUT2D eigenvalue weighted by Crippen LogP contribution is -2.20. The molecule has 0 N–H and O–H groups in total. The molecule has 0 unspecified atom stereocenters. The van der Waals surface area contributed by atoms with E-state index in [0.29, 0.717) is 5.92 Å². The van der Waals surface area contributed by atoms with Crippen LogP contribution < -0.4 is 0 Å². The molecule has 0 spiro atoms. The molecule has 0 aromatic carbocycles. The van der Waals surface area contributed by atoms with Crippen LogP contribution in [0.25, 0.3) is 0 Å². The molecule has 2 atom stereocenters. The molecular weight excluding hydrogens is 136 g/mol. The second-order valence-electron chi connectivity index (χ2n) is 4.18.